The highest BCUT2D eigenvalue weighted by atomic mass is 16.2. The lowest BCUT2D eigenvalue weighted by molar-refractivity contribution is 0.0943. The molecule has 0 spiro atoms. The van der Waals surface area contributed by atoms with Crippen LogP contribution in [0.4, 0.5) is 0 Å². The summed E-state index contributed by atoms with van der Waals surface area (Å²) in [6.07, 6.45) is 0. The van der Waals surface area contributed by atoms with Crippen molar-refractivity contribution >= 4 is 5.91 Å². The molecule has 140 valence electrons. The third kappa shape index (κ3) is 4.44. The standard InChI is InChI=1S/C22H26N4O/c1-16-10-11-20(17(2)14-16)26-21(22(27)23-12-13-25(3)4)15-19(24-26)18-8-6-5-7-9-18/h5-11,14-15H,12-13H2,1-4H3,(H,23,27). The minimum absolute atomic E-state index is 0.119. The largest absolute Gasteiger partial charge is 0.349 e. The average Bonchev–Trinajstić information content (AvgIpc) is 3.07. The van der Waals surface area contributed by atoms with E-state index < -0.39 is 0 Å². The van der Waals surface area contributed by atoms with Crippen molar-refractivity contribution < 1.29 is 4.79 Å². The number of aryl methyl sites for hydroxylation is 2. The molecule has 2 aromatic carbocycles. The van der Waals surface area contributed by atoms with Crippen LogP contribution in [0.5, 0.6) is 0 Å². The van der Waals surface area contributed by atoms with Crippen LogP contribution in [0.1, 0.15) is 21.6 Å². The van der Waals surface area contributed by atoms with Crippen molar-refractivity contribution in [2.45, 2.75) is 13.8 Å². The van der Waals surface area contributed by atoms with Gasteiger partial charge in [-0.1, -0.05) is 48.0 Å². The van der Waals surface area contributed by atoms with Gasteiger partial charge in [0.05, 0.1) is 11.4 Å². The Hall–Kier alpha value is -2.92. The lowest BCUT2D eigenvalue weighted by Gasteiger charge is -2.13. The second kappa shape index (κ2) is 8.18. The summed E-state index contributed by atoms with van der Waals surface area (Å²) in [7, 11) is 3.97. The Morgan fingerprint density at radius 1 is 1.07 bits per heavy atom. The second-order valence-corrected chi connectivity index (χ2v) is 7.04. The van der Waals surface area contributed by atoms with Crippen LogP contribution >= 0.6 is 0 Å². The zero-order valence-electron chi connectivity index (χ0n) is 16.4. The summed E-state index contributed by atoms with van der Waals surface area (Å²) in [4.78, 5) is 14.9. The van der Waals surface area contributed by atoms with Crippen LogP contribution < -0.4 is 5.32 Å². The molecule has 3 rings (SSSR count). The van der Waals surface area contributed by atoms with Crippen LogP contribution in [0, 0.1) is 13.8 Å². The van der Waals surface area contributed by atoms with E-state index in [9.17, 15) is 4.79 Å². The average molecular weight is 362 g/mol. The van der Waals surface area contributed by atoms with E-state index in [-0.39, 0.29) is 5.91 Å². The molecule has 27 heavy (non-hydrogen) atoms. The first-order valence-electron chi connectivity index (χ1n) is 9.12. The fraction of sp³-hybridized carbons (Fsp3) is 0.273. The predicted octanol–water partition coefficient (Wildman–Crippen LogP) is 3.45. The van der Waals surface area contributed by atoms with Gasteiger partial charge in [0.1, 0.15) is 5.69 Å². The highest BCUT2D eigenvalue weighted by Crippen LogP contribution is 2.23. The molecule has 0 bridgehead atoms. The van der Waals surface area contributed by atoms with Crippen molar-refractivity contribution in [2.24, 2.45) is 0 Å². The highest BCUT2D eigenvalue weighted by Gasteiger charge is 2.18. The topological polar surface area (TPSA) is 50.2 Å². The number of hydrogen-bond donors (Lipinski definition) is 1. The van der Waals surface area contributed by atoms with E-state index in [1.165, 1.54) is 5.56 Å². The van der Waals surface area contributed by atoms with Crippen LogP contribution in [0.3, 0.4) is 0 Å². The molecule has 1 heterocycles. The van der Waals surface area contributed by atoms with Gasteiger partial charge in [-0.2, -0.15) is 5.10 Å². The number of rotatable bonds is 6. The molecule has 0 aliphatic carbocycles. The molecular formula is C22H26N4O. The molecule has 0 saturated heterocycles. The fourth-order valence-corrected chi connectivity index (χ4v) is 3.00. The molecule has 0 aliphatic rings. The Morgan fingerprint density at radius 2 is 1.81 bits per heavy atom. The third-order valence-electron chi connectivity index (χ3n) is 4.44. The molecule has 1 N–H and O–H groups in total. The summed E-state index contributed by atoms with van der Waals surface area (Å²) >= 11 is 0. The maximum Gasteiger partial charge on any atom is 0.270 e. The molecule has 0 aliphatic heterocycles. The van der Waals surface area contributed by atoms with Crippen LogP contribution in [0.2, 0.25) is 0 Å². The van der Waals surface area contributed by atoms with Gasteiger partial charge in [0, 0.05) is 18.7 Å². The van der Waals surface area contributed by atoms with Crippen molar-refractivity contribution in [1.82, 2.24) is 20.0 Å². The minimum atomic E-state index is -0.119. The summed E-state index contributed by atoms with van der Waals surface area (Å²) in [5, 5.41) is 7.75. The zero-order valence-corrected chi connectivity index (χ0v) is 16.4. The number of benzene rings is 2. The van der Waals surface area contributed by atoms with Gasteiger partial charge < -0.3 is 10.2 Å². The smallest absolute Gasteiger partial charge is 0.270 e. The van der Waals surface area contributed by atoms with E-state index in [1.807, 2.05) is 74.4 Å². The van der Waals surface area contributed by atoms with E-state index >= 15 is 0 Å². The third-order valence-corrected chi connectivity index (χ3v) is 4.44. The number of carbonyl (C=O) groups excluding carboxylic acids is 1. The Kier molecular flexibility index (Phi) is 5.72. The van der Waals surface area contributed by atoms with Gasteiger partial charge in [-0.25, -0.2) is 4.68 Å². The summed E-state index contributed by atoms with van der Waals surface area (Å²) in [6.45, 7) is 5.48. The lowest BCUT2D eigenvalue weighted by Crippen LogP contribution is -2.32. The van der Waals surface area contributed by atoms with E-state index in [0.29, 0.717) is 12.2 Å². The second-order valence-electron chi connectivity index (χ2n) is 7.04. The zero-order chi connectivity index (χ0) is 19.4. The van der Waals surface area contributed by atoms with Gasteiger partial charge in [0.25, 0.3) is 5.91 Å². The normalized spacial score (nSPS) is 11.0. The first kappa shape index (κ1) is 18.9. The van der Waals surface area contributed by atoms with Gasteiger partial charge in [0.2, 0.25) is 0 Å². The molecule has 1 amide bonds. The highest BCUT2D eigenvalue weighted by molar-refractivity contribution is 5.94. The van der Waals surface area contributed by atoms with E-state index in [2.05, 4.69) is 18.3 Å². The van der Waals surface area contributed by atoms with Crippen molar-refractivity contribution in [3.8, 4) is 16.9 Å². The van der Waals surface area contributed by atoms with Gasteiger partial charge in [0.15, 0.2) is 0 Å². The van der Waals surface area contributed by atoms with Crippen LogP contribution in [0.25, 0.3) is 16.9 Å². The predicted molar refractivity (Wildman–Crippen MR) is 109 cm³/mol. The van der Waals surface area contributed by atoms with Gasteiger partial charge in [-0.05, 0) is 45.6 Å². The van der Waals surface area contributed by atoms with Gasteiger partial charge in [-0.3, -0.25) is 4.79 Å². The van der Waals surface area contributed by atoms with Crippen LogP contribution in [-0.4, -0.2) is 47.8 Å². The molecule has 5 nitrogen and oxygen atoms in total. The Labute approximate surface area is 160 Å². The van der Waals surface area contributed by atoms with Gasteiger partial charge in [-0.15, -0.1) is 0 Å². The van der Waals surface area contributed by atoms with Crippen molar-refractivity contribution in [2.75, 3.05) is 27.2 Å². The molecule has 3 aromatic rings. The summed E-state index contributed by atoms with van der Waals surface area (Å²) in [5.74, 6) is -0.119. The molecule has 0 saturated carbocycles. The summed E-state index contributed by atoms with van der Waals surface area (Å²) in [6, 6.07) is 17.9. The molecule has 5 heteroatoms. The van der Waals surface area contributed by atoms with E-state index in [4.69, 9.17) is 5.10 Å². The molecular weight excluding hydrogens is 336 g/mol. The summed E-state index contributed by atoms with van der Waals surface area (Å²) in [5.41, 5.74) is 5.50. The quantitative estimate of drug-likeness (QED) is 0.731. The Bertz CT molecular complexity index is 929. The number of nitrogens with zero attached hydrogens (tertiary/aromatic N) is 3. The number of hydrogen-bond acceptors (Lipinski definition) is 3. The number of amides is 1. The first-order valence-corrected chi connectivity index (χ1v) is 9.12. The molecule has 0 fully saturated rings. The van der Waals surface area contributed by atoms with E-state index in [0.717, 1.165) is 29.1 Å². The molecule has 1 aromatic heterocycles. The SMILES string of the molecule is Cc1ccc(-n2nc(-c3ccccc3)cc2C(=O)NCCN(C)C)c(C)c1. The number of carbonyl (C=O) groups is 1. The molecule has 0 atom stereocenters. The number of likely N-dealkylation sites (N-methyl/N-ethyl adjacent to an activating group) is 1. The lowest BCUT2D eigenvalue weighted by atomic mass is 10.1. The fourth-order valence-electron chi connectivity index (χ4n) is 3.00. The molecule has 0 radical (unpaired) electrons. The minimum Gasteiger partial charge on any atom is -0.349 e. The van der Waals surface area contributed by atoms with Crippen molar-refractivity contribution in [3.63, 3.8) is 0 Å². The Morgan fingerprint density at radius 3 is 2.48 bits per heavy atom. The molecule has 0 unspecified atom stereocenters. The maximum atomic E-state index is 12.9. The van der Waals surface area contributed by atoms with Gasteiger partial charge >= 0.3 is 0 Å². The first-order chi connectivity index (χ1) is 13.0. The number of nitrogens with one attached hydrogen (secondary N) is 1. The summed E-state index contributed by atoms with van der Waals surface area (Å²) < 4.78 is 1.75. The van der Waals surface area contributed by atoms with Crippen molar-refractivity contribution in [3.05, 3.63) is 71.4 Å². The van der Waals surface area contributed by atoms with E-state index in [1.54, 1.807) is 4.68 Å². The van der Waals surface area contributed by atoms with Crippen molar-refractivity contribution in [1.29, 1.82) is 0 Å². The van der Waals surface area contributed by atoms with Crippen LogP contribution in [-0.2, 0) is 0 Å². The number of aromatic nitrogens is 2. The maximum absolute atomic E-state index is 12.9. The monoisotopic (exact) mass is 362 g/mol. The Balaban J connectivity index is 2.01. The van der Waals surface area contributed by atoms with Crippen LogP contribution in [0.15, 0.2) is 54.6 Å².